The van der Waals surface area contributed by atoms with Crippen LogP contribution in [0.2, 0.25) is 0 Å². The molecule has 1 N–H and O–H groups in total. The number of aldehydes is 1. The minimum Gasteiger partial charge on any atom is -0.497 e. The van der Waals surface area contributed by atoms with Crippen LogP contribution in [0.3, 0.4) is 0 Å². The monoisotopic (exact) mass is 345 g/mol. The molecule has 0 saturated carbocycles. The fourth-order valence-electron chi connectivity index (χ4n) is 2.11. The second kappa shape index (κ2) is 8.58. The number of benzene rings is 2. The fraction of sp³-hybridized carbons (Fsp3) is 0.222. The largest absolute Gasteiger partial charge is 0.497 e. The maximum atomic E-state index is 12.1. The molecule has 7 heteroatoms. The Bertz CT molecular complexity index is 759. The molecular formula is C18H19NO6. The van der Waals surface area contributed by atoms with E-state index >= 15 is 0 Å². The predicted molar refractivity (Wildman–Crippen MR) is 92.1 cm³/mol. The molecule has 0 aliphatic carbocycles. The average molecular weight is 345 g/mol. The molecule has 0 aliphatic rings. The first-order chi connectivity index (χ1) is 12.1. The van der Waals surface area contributed by atoms with Crippen LogP contribution >= 0.6 is 0 Å². The van der Waals surface area contributed by atoms with Crippen molar-refractivity contribution < 1.29 is 28.5 Å². The topological polar surface area (TPSA) is 83.1 Å². The summed E-state index contributed by atoms with van der Waals surface area (Å²) in [5, 5.41) is 2.69. The Morgan fingerprint density at radius 1 is 0.960 bits per heavy atom. The van der Waals surface area contributed by atoms with Gasteiger partial charge in [-0.3, -0.25) is 9.59 Å². The first-order valence-electron chi connectivity index (χ1n) is 7.39. The van der Waals surface area contributed by atoms with Gasteiger partial charge in [0.1, 0.15) is 17.8 Å². The minimum absolute atomic E-state index is 0.256. The van der Waals surface area contributed by atoms with Crippen molar-refractivity contribution in [2.75, 3.05) is 33.3 Å². The summed E-state index contributed by atoms with van der Waals surface area (Å²) in [4.78, 5) is 23.0. The van der Waals surface area contributed by atoms with Gasteiger partial charge in [0.2, 0.25) is 0 Å². The van der Waals surface area contributed by atoms with Crippen LogP contribution in [0.15, 0.2) is 36.4 Å². The van der Waals surface area contributed by atoms with E-state index in [9.17, 15) is 9.59 Å². The van der Waals surface area contributed by atoms with E-state index < -0.39 is 0 Å². The number of methoxy groups -OCH3 is 3. The highest BCUT2D eigenvalue weighted by Crippen LogP contribution is 2.30. The van der Waals surface area contributed by atoms with Crippen molar-refractivity contribution in [3.05, 3.63) is 42.0 Å². The average Bonchev–Trinajstić information content (AvgIpc) is 2.66. The van der Waals surface area contributed by atoms with E-state index in [1.54, 1.807) is 37.4 Å². The van der Waals surface area contributed by atoms with Gasteiger partial charge in [-0.25, -0.2) is 0 Å². The van der Waals surface area contributed by atoms with Gasteiger partial charge in [0, 0.05) is 11.6 Å². The van der Waals surface area contributed by atoms with Gasteiger partial charge >= 0.3 is 0 Å². The van der Waals surface area contributed by atoms with Crippen molar-refractivity contribution in [2.45, 2.75) is 0 Å². The molecule has 0 atom stereocenters. The van der Waals surface area contributed by atoms with E-state index in [2.05, 4.69) is 5.32 Å². The number of hydrogen-bond acceptors (Lipinski definition) is 6. The Morgan fingerprint density at radius 3 is 2.36 bits per heavy atom. The summed E-state index contributed by atoms with van der Waals surface area (Å²) >= 11 is 0. The molecule has 0 unspecified atom stereocenters. The molecule has 0 radical (unpaired) electrons. The number of ether oxygens (including phenoxy) is 4. The van der Waals surface area contributed by atoms with Crippen LogP contribution in [0.25, 0.3) is 0 Å². The Labute approximate surface area is 145 Å². The zero-order valence-electron chi connectivity index (χ0n) is 14.2. The number of anilines is 1. The smallest absolute Gasteiger partial charge is 0.262 e. The number of carbonyl (C=O) groups excluding carboxylic acids is 2. The lowest BCUT2D eigenvalue weighted by atomic mass is 10.2. The number of nitrogens with one attached hydrogen (secondary N) is 1. The molecule has 0 spiro atoms. The molecule has 0 bridgehead atoms. The third-order valence-electron chi connectivity index (χ3n) is 3.37. The van der Waals surface area contributed by atoms with Crippen LogP contribution < -0.4 is 24.3 Å². The standard InChI is InChI=1S/C18H19NO6/c1-22-13-5-6-14(16(9-13)24-3)19-18(21)11-25-17-8-12(10-20)4-7-15(17)23-2/h4-10H,11H2,1-3H3,(H,19,21). The lowest BCUT2D eigenvalue weighted by molar-refractivity contribution is -0.118. The van der Waals surface area contributed by atoms with Crippen molar-refractivity contribution in [1.82, 2.24) is 0 Å². The Balaban J connectivity index is 2.05. The van der Waals surface area contributed by atoms with Gasteiger partial charge in [-0.15, -0.1) is 0 Å². The highest BCUT2D eigenvalue weighted by atomic mass is 16.5. The third-order valence-corrected chi connectivity index (χ3v) is 3.37. The summed E-state index contributed by atoms with van der Waals surface area (Å²) in [6.45, 7) is -0.256. The van der Waals surface area contributed by atoms with E-state index in [1.165, 1.54) is 20.3 Å². The molecule has 1 amide bonds. The van der Waals surface area contributed by atoms with Gasteiger partial charge in [-0.05, 0) is 30.3 Å². The highest BCUT2D eigenvalue weighted by molar-refractivity contribution is 5.93. The zero-order chi connectivity index (χ0) is 18.2. The number of amides is 1. The summed E-state index contributed by atoms with van der Waals surface area (Å²) < 4.78 is 20.9. The van der Waals surface area contributed by atoms with E-state index in [0.717, 1.165) is 0 Å². The molecule has 0 fully saturated rings. The van der Waals surface area contributed by atoms with Crippen LogP contribution in [0, 0.1) is 0 Å². The van der Waals surface area contributed by atoms with Crippen LogP contribution in [-0.2, 0) is 4.79 Å². The number of hydrogen-bond donors (Lipinski definition) is 1. The highest BCUT2D eigenvalue weighted by Gasteiger charge is 2.12. The minimum atomic E-state index is -0.387. The number of rotatable bonds is 8. The summed E-state index contributed by atoms with van der Waals surface area (Å²) in [7, 11) is 4.52. The summed E-state index contributed by atoms with van der Waals surface area (Å²) in [5.74, 6) is 1.43. The molecule has 7 nitrogen and oxygen atoms in total. The maximum absolute atomic E-state index is 12.1. The van der Waals surface area contributed by atoms with Gasteiger partial charge in [-0.2, -0.15) is 0 Å². The van der Waals surface area contributed by atoms with Crippen molar-refractivity contribution in [2.24, 2.45) is 0 Å². The van der Waals surface area contributed by atoms with Crippen molar-refractivity contribution in [1.29, 1.82) is 0 Å². The first-order valence-corrected chi connectivity index (χ1v) is 7.39. The predicted octanol–water partition coefficient (Wildman–Crippen LogP) is 2.54. The second-order valence-electron chi connectivity index (χ2n) is 4.93. The summed E-state index contributed by atoms with van der Waals surface area (Å²) in [5.41, 5.74) is 0.915. The molecule has 0 aliphatic heterocycles. The second-order valence-corrected chi connectivity index (χ2v) is 4.93. The SMILES string of the molecule is COc1ccc(NC(=O)COc2cc(C=O)ccc2OC)c(OC)c1. The van der Waals surface area contributed by atoms with Crippen LogP contribution in [0.5, 0.6) is 23.0 Å². The number of carbonyl (C=O) groups is 2. The van der Waals surface area contributed by atoms with Gasteiger partial charge in [0.15, 0.2) is 18.1 Å². The lowest BCUT2D eigenvalue weighted by Gasteiger charge is -2.13. The van der Waals surface area contributed by atoms with E-state index in [-0.39, 0.29) is 12.5 Å². The molecule has 2 aromatic rings. The van der Waals surface area contributed by atoms with E-state index in [1.807, 2.05) is 0 Å². The van der Waals surface area contributed by atoms with Crippen molar-refractivity contribution in [3.8, 4) is 23.0 Å². The summed E-state index contributed by atoms with van der Waals surface area (Å²) in [6.07, 6.45) is 0.689. The van der Waals surface area contributed by atoms with Crippen LogP contribution in [0.4, 0.5) is 5.69 Å². The molecule has 2 rings (SSSR count). The molecular weight excluding hydrogens is 326 g/mol. The van der Waals surface area contributed by atoms with Crippen molar-refractivity contribution in [3.63, 3.8) is 0 Å². The van der Waals surface area contributed by atoms with Crippen molar-refractivity contribution >= 4 is 17.9 Å². The van der Waals surface area contributed by atoms with Gasteiger partial charge in [-0.1, -0.05) is 0 Å². The molecule has 25 heavy (non-hydrogen) atoms. The molecule has 2 aromatic carbocycles. The Kier molecular flexibility index (Phi) is 6.22. The molecule has 0 aromatic heterocycles. The van der Waals surface area contributed by atoms with E-state index in [4.69, 9.17) is 18.9 Å². The Morgan fingerprint density at radius 2 is 1.72 bits per heavy atom. The van der Waals surface area contributed by atoms with Crippen LogP contribution in [-0.4, -0.2) is 40.1 Å². The normalized spacial score (nSPS) is 9.88. The Hall–Kier alpha value is -3.22. The first kappa shape index (κ1) is 18.1. The third kappa shape index (κ3) is 4.63. The van der Waals surface area contributed by atoms with E-state index in [0.29, 0.717) is 40.5 Å². The van der Waals surface area contributed by atoms with Gasteiger partial charge in [0.05, 0.1) is 27.0 Å². The lowest BCUT2D eigenvalue weighted by Crippen LogP contribution is -2.20. The van der Waals surface area contributed by atoms with Gasteiger partial charge < -0.3 is 24.3 Å². The quantitative estimate of drug-likeness (QED) is 0.740. The summed E-state index contributed by atoms with van der Waals surface area (Å²) in [6, 6.07) is 9.74. The molecule has 0 saturated heterocycles. The fourth-order valence-corrected chi connectivity index (χ4v) is 2.11. The zero-order valence-corrected chi connectivity index (χ0v) is 14.2. The molecule has 0 heterocycles. The molecule has 132 valence electrons. The maximum Gasteiger partial charge on any atom is 0.262 e. The van der Waals surface area contributed by atoms with Crippen LogP contribution in [0.1, 0.15) is 10.4 Å². The van der Waals surface area contributed by atoms with Gasteiger partial charge in [0.25, 0.3) is 5.91 Å².